The van der Waals surface area contributed by atoms with Gasteiger partial charge in [0.1, 0.15) is 6.10 Å². The second-order valence-electron chi connectivity index (χ2n) is 4.95. The SMILES string of the molecule is COC(=O)N[C@@H]1[C@@H]2OC(C)(C)O[C@@H]2CC[C@H]1O. The highest BCUT2D eigenvalue weighted by Gasteiger charge is 2.50. The Bertz CT molecular complexity index is 306. The minimum Gasteiger partial charge on any atom is -0.453 e. The van der Waals surface area contributed by atoms with Gasteiger partial charge in [0.2, 0.25) is 0 Å². The number of methoxy groups -OCH3 is 1. The third-order valence-corrected chi connectivity index (χ3v) is 3.21. The van der Waals surface area contributed by atoms with Crippen LogP contribution >= 0.6 is 0 Å². The van der Waals surface area contributed by atoms with Gasteiger partial charge in [-0.1, -0.05) is 0 Å². The monoisotopic (exact) mass is 245 g/mol. The van der Waals surface area contributed by atoms with E-state index in [1.807, 2.05) is 13.8 Å². The highest BCUT2D eigenvalue weighted by Crippen LogP contribution is 2.36. The van der Waals surface area contributed by atoms with Crippen molar-refractivity contribution in [3.05, 3.63) is 0 Å². The lowest BCUT2D eigenvalue weighted by Crippen LogP contribution is -2.57. The lowest BCUT2D eigenvalue weighted by molar-refractivity contribution is -0.148. The van der Waals surface area contributed by atoms with E-state index in [0.717, 1.165) is 6.42 Å². The molecule has 2 fully saturated rings. The quantitative estimate of drug-likeness (QED) is 0.698. The first-order chi connectivity index (χ1) is 7.93. The van der Waals surface area contributed by atoms with Gasteiger partial charge in [0.15, 0.2) is 5.79 Å². The van der Waals surface area contributed by atoms with Gasteiger partial charge in [0.25, 0.3) is 0 Å². The first kappa shape index (κ1) is 12.6. The molecule has 0 aromatic heterocycles. The fourth-order valence-corrected chi connectivity index (χ4v) is 2.50. The third-order valence-electron chi connectivity index (χ3n) is 3.21. The second kappa shape index (κ2) is 4.44. The Morgan fingerprint density at radius 2 is 2.12 bits per heavy atom. The fraction of sp³-hybridized carbons (Fsp3) is 0.909. The van der Waals surface area contributed by atoms with Crippen molar-refractivity contribution in [2.24, 2.45) is 0 Å². The Morgan fingerprint density at radius 1 is 1.41 bits per heavy atom. The lowest BCUT2D eigenvalue weighted by Gasteiger charge is -2.35. The van der Waals surface area contributed by atoms with Crippen LogP contribution in [0, 0.1) is 0 Å². The average molecular weight is 245 g/mol. The van der Waals surface area contributed by atoms with Crippen molar-refractivity contribution in [3.8, 4) is 0 Å². The van der Waals surface area contributed by atoms with Gasteiger partial charge < -0.3 is 24.6 Å². The van der Waals surface area contributed by atoms with E-state index in [0.29, 0.717) is 6.42 Å². The van der Waals surface area contributed by atoms with Crippen LogP contribution in [0.2, 0.25) is 0 Å². The van der Waals surface area contributed by atoms with E-state index in [-0.39, 0.29) is 12.2 Å². The molecule has 2 N–H and O–H groups in total. The lowest BCUT2D eigenvalue weighted by atomic mass is 9.88. The van der Waals surface area contributed by atoms with Gasteiger partial charge in [-0.05, 0) is 26.7 Å². The van der Waals surface area contributed by atoms with Crippen LogP contribution in [0.4, 0.5) is 4.79 Å². The van der Waals surface area contributed by atoms with E-state index in [2.05, 4.69) is 10.1 Å². The van der Waals surface area contributed by atoms with Crippen LogP contribution in [0.1, 0.15) is 26.7 Å². The predicted molar refractivity (Wildman–Crippen MR) is 58.4 cm³/mol. The number of carbonyl (C=O) groups is 1. The highest BCUT2D eigenvalue weighted by molar-refractivity contribution is 5.67. The number of hydrogen-bond donors (Lipinski definition) is 2. The van der Waals surface area contributed by atoms with E-state index in [1.165, 1.54) is 7.11 Å². The van der Waals surface area contributed by atoms with Gasteiger partial charge in [-0.15, -0.1) is 0 Å². The van der Waals surface area contributed by atoms with E-state index in [1.54, 1.807) is 0 Å². The van der Waals surface area contributed by atoms with E-state index < -0.39 is 24.0 Å². The number of fused-ring (bicyclic) bond motifs is 1. The number of amides is 1. The van der Waals surface area contributed by atoms with Crippen LogP contribution in [0.5, 0.6) is 0 Å². The molecule has 1 aliphatic heterocycles. The zero-order chi connectivity index (χ0) is 12.6. The Kier molecular flexibility index (Phi) is 3.29. The van der Waals surface area contributed by atoms with Gasteiger partial charge in [-0.3, -0.25) is 0 Å². The number of alkyl carbamates (subject to hydrolysis) is 1. The predicted octanol–water partition coefficient (Wildman–Crippen LogP) is 0.386. The first-order valence-electron chi connectivity index (χ1n) is 5.81. The van der Waals surface area contributed by atoms with Gasteiger partial charge in [0.05, 0.1) is 25.4 Å². The molecule has 0 aromatic carbocycles. The minimum atomic E-state index is -0.671. The molecule has 0 radical (unpaired) electrons. The molecule has 6 heteroatoms. The van der Waals surface area contributed by atoms with Crippen molar-refractivity contribution in [3.63, 3.8) is 0 Å². The Labute approximate surface area is 100 Å². The average Bonchev–Trinajstić information content (AvgIpc) is 2.57. The van der Waals surface area contributed by atoms with E-state index >= 15 is 0 Å². The molecule has 1 heterocycles. The molecule has 1 saturated heterocycles. The number of nitrogens with one attached hydrogen (secondary N) is 1. The van der Waals surface area contributed by atoms with Crippen LogP contribution < -0.4 is 5.32 Å². The van der Waals surface area contributed by atoms with E-state index in [4.69, 9.17) is 9.47 Å². The van der Waals surface area contributed by atoms with Crippen LogP contribution in [-0.4, -0.2) is 48.5 Å². The van der Waals surface area contributed by atoms with Gasteiger partial charge in [0, 0.05) is 0 Å². The highest BCUT2D eigenvalue weighted by atomic mass is 16.8. The molecule has 17 heavy (non-hydrogen) atoms. The first-order valence-corrected chi connectivity index (χ1v) is 5.81. The molecule has 0 aromatic rings. The van der Waals surface area contributed by atoms with Gasteiger partial charge in [-0.2, -0.15) is 0 Å². The summed E-state index contributed by atoms with van der Waals surface area (Å²) < 4.78 is 16.0. The maximum absolute atomic E-state index is 11.2. The smallest absolute Gasteiger partial charge is 0.407 e. The molecule has 0 unspecified atom stereocenters. The maximum atomic E-state index is 11.2. The summed E-state index contributed by atoms with van der Waals surface area (Å²) in [4.78, 5) is 11.2. The molecule has 2 aliphatic rings. The number of aliphatic hydroxyl groups excluding tert-OH is 1. The summed E-state index contributed by atoms with van der Waals surface area (Å²) in [5, 5.41) is 12.5. The minimum absolute atomic E-state index is 0.0874. The Hall–Kier alpha value is -0.850. The Balaban J connectivity index is 2.09. The fourth-order valence-electron chi connectivity index (χ4n) is 2.50. The molecule has 1 saturated carbocycles. The number of ether oxygens (including phenoxy) is 3. The zero-order valence-electron chi connectivity index (χ0n) is 10.3. The number of rotatable bonds is 1. The van der Waals surface area contributed by atoms with Crippen molar-refractivity contribution in [1.82, 2.24) is 5.32 Å². The van der Waals surface area contributed by atoms with Gasteiger partial charge >= 0.3 is 6.09 Å². The maximum Gasteiger partial charge on any atom is 0.407 e. The topological polar surface area (TPSA) is 77.0 Å². The summed E-state index contributed by atoms with van der Waals surface area (Å²) in [6.45, 7) is 3.65. The summed E-state index contributed by atoms with van der Waals surface area (Å²) in [6.07, 6.45) is -0.302. The van der Waals surface area contributed by atoms with Crippen molar-refractivity contribution in [1.29, 1.82) is 0 Å². The summed E-state index contributed by atoms with van der Waals surface area (Å²) >= 11 is 0. The van der Waals surface area contributed by atoms with E-state index in [9.17, 15) is 9.90 Å². The van der Waals surface area contributed by atoms with Crippen molar-refractivity contribution >= 4 is 6.09 Å². The van der Waals surface area contributed by atoms with Crippen molar-refractivity contribution < 1.29 is 24.1 Å². The largest absolute Gasteiger partial charge is 0.453 e. The molecule has 1 amide bonds. The summed E-state index contributed by atoms with van der Waals surface area (Å²) in [5.74, 6) is -0.671. The number of aliphatic hydroxyl groups is 1. The molecule has 4 atom stereocenters. The molecule has 0 bridgehead atoms. The van der Waals surface area contributed by atoms with Gasteiger partial charge in [-0.25, -0.2) is 4.79 Å². The molecule has 2 rings (SSSR count). The molecule has 6 nitrogen and oxygen atoms in total. The zero-order valence-corrected chi connectivity index (χ0v) is 10.3. The molecule has 0 spiro atoms. The molecule has 1 aliphatic carbocycles. The summed E-state index contributed by atoms with van der Waals surface area (Å²) in [5.41, 5.74) is 0. The summed E-state index contributed by atoms with van der Waals surface area (Å²) in [7, 11) is 1.29. The van der Waals surface area contributed by atoms with Crippen molar-refractivity contribution in [2.75, 3.05) is 7.11 Å². The normalized spacial score (nSPS) is 39.5. The van der Waals surface area contributed by atoms with Crippen LogP contribution in [0.25, 0.3) is 0 Å². The van der Waals surface area contributed by atoms with Crippen LogP contribution in [0.15, 0.2) is 0 Å². The number of hydrogen-bond acceptors (Lipinski definition) is 5. The molecular formula is C11H19NO5. The second-order valence-corrected chi connectivity index (χ2v) is 4.95. The van der Waals surface area contributed by atoms with Crippen LogP contribution in [0.3, 0.4) is 0 Å². The van der Waals surface area contributed by atoms with Crippen LogP contribution in [-0.2, 0) is 14.2 Å². The molecule has 98 valence electrons. The van der Waals surface area contributed by atoms with Crippen molar-refractivity contribution in [2.45, 2.75) is 56.8 Å². The molecular weight excluding hydrogens is 226 g/mol. The summed E-state index contributed by atoms with van der Waals surface area (Å²) in [6, 6.07) is -0.483. The number of carbonyl (C=O) groups excluding carboxylic acids is 1. The standard InChI is InChI=1S/C11H19NO5/c1-11(2)16-7-5-4-6(13)8(9(7)17-11)12-10(14)15-3/h6-9,13H,4-5H2,1-3H3,(H,12,14)/t6-,7-,8+,9-/m1/s1. The Morgan fingerprint density at radius 3 is 2.76 bits per heavy atom. The third kappa shape index (κ3) is 2.53.